The maximum absolute atomic E-state index is 12.5. The second-order valence-corrected chi connectivity index (χ2v) is 5.61. The van der Waals surface area contributed by atoms with E-state index in [-0.39, 0.29) is 12.4 Å². The van der Waals surface area contributed by atoms with Crippen LogP contribution in [0.25, 0.3) is 0 Å². The highest BCUT2D eigenvalue weighted by molar-refractivity contribution is 7.99. The summed E-state index contributed by atoms with van der Waals surface area (Å²) in [6, 6.07) is 0. The van der Waals surface area contributed by atoms with Crippen LogP contribution in [0.4, 0.5) is 8.78 Å². The molecule has 0 amide bonds. The first-order valence-corrected chi connectivity index (χ1v) is 7.72. The van der Waals surface area contributed by atoms with Gasteiger partial charge in [-0.1, -0.05) is 19.8 Å². The van der Waals surface area contributed by atoms with Gasteiger partial charge in [-0.05, 0) is 31.9 Å². The van der Waals surface area contributed by atoms with Crippen LogP contribution in [0.3, 0.4) is 0 Å². The van der Waals surface area contributed by atoms with Gasteiger partial charge in [0.2, 0.25) is 5.92 Å². The lowest BCUT2D eigenvalue weighted by molar-refractivity contribution is -0.140. The molecular formula is C13H24F2O2S. The lowest BCUT2D eigenvalue weighted by atomic mass is 10.1. The van der Waals surface area contributed by atoms with Gasteiger partial charge < -0.3 is 4.74 Å². The minimum atomic E-state index is -2.55. The smallest absolute Gasteiger partial charge is 0.315 e. The van der Waals surface area contributed by atoms with Gasteiger partial charge in [-0.3, -0.25) is 4.79 Å². The molecule has 0 aromatic rings. The molecule has 0 saturated carbocycles. The summed E-state index contributed by atoms with van der Waals surface area (Å²) in [6.07, 6.45) is 4.09. The predicted molar refractivity (Wildman–Crippen MR) is 72.3 cm³/mol. The Morgan fingerprint density at radius 3 is 2.56 bits per heavy atom. The van der Waals surface area contributed by atoms with Crippen molar-refractivity contribution < 1.29 is 18.3 Å². The molecule has 0 N–H and O–H groups in total. The van der Waals surface area contributed by atoms with E-state index in [1.165, 1.54) is 11.8 Å². The molecule has 0 saturated heterocycles. The van der Waals surface area contributed by atoms with Crippen molar-refractivity contribution in [2.45, 2.75) is 58.3 Å². The summed E-state index contributed by atoms with van der Waals surface area (Å²) in [5.41, 5.74) is 0. The maximum Gasteiger partial charge on any atom is 0.315 e. The first-order valence-electron chi connectivity index (χ1n) is 6.57. The largest absolute Gasteiger partial charge is 0.465 e. The Morgan fingerprint density at radius 2 is 1.94 bits per heavy atom. The Kier molecular flexibility index (Phi) is 10.4. The number of alkyl halides is 2. The number of esters is 1. The number of rotatable bonds is 11. The lowest BCUT2D eigenvalue weighted by Gasteiger charge is -2.08. The van der Waals surface area contributed by atoms with Crippen molar-refractivity contribution in [2.75, 3.05) is 18.1 Å². The molecule has 0 aromatic carbocycles. The molecule has 0 unspecified atom stereocenters. The molecule has 0 radical (unpaired) electrons. The van der Waals surface area contributed by atoms with Crippen molar-refractivity contribution >= 4 is 17.7 Å². The summed E-state index contributed by atoms with van der Waals surface area (Å²) in [5, 5.41) is 0. The topological polar surface area (TPSA) is 26.3 Å². The van der Waals surface area contributed by atoms with E-state index in [1.54, 1.807) is 0 Å². The van der Waals surface area contributed by atoms with Crippen LogP contribution >= 0.6 is 11.8 Å². The molecule has 0 heterocycles. The van der Waals surface area contributed by atoms with Crippen molar-refractivity contribution in [3.05, 3.63) is 0 Å². The number of carbonyl (C=O) groups excluding carboxylic acids is 1. The Morgan fingerprint density at radius 1 is 1.22 bits per heavy atom. The number of carbonyl (C=O) groups is 1. The SMILES string of the molecule is CCCCOC(=O)CSCCCCCC(C)(F)F. The molecule has 0 aliphatic heterocycles. The number of halogens is 2. The third-order valence-electron chi connectivity index (χ3n) is 2.39. The van der Waals surface area contributed by atoms with E-state index in [1.807, 2.05) is 6.92 Å². The van der Waals surface area contributed by atoms with Gasteiger partial charge in [-0.2, -0.15) is 11.8 Å². The molecule has 0 fully saturated rings. The number of unbranched alkanes of at least 4 members (excludes halogenated alkanes) is 3. The monoisotopic (exact) mass is 282 g/mol. The van der Waals surface area contributed by atoms with E-state index >= 15 is 0 Å². The zero-order chi connectivity index (χ0) is 13.9. The van der Waals surface area contributed by atoms with E-state index in [4.69, 9.17) is 4.74 Å². The van der Waals surface area contributed by atoms with Crippen LogP contribution in [-0.4, -0.2) is 30.0 Å². The average Bonchev–Trinajstić information content (AvgIpc) is 2.26. The highest BCUT2D eigenvalue weighted by Crippen LogP contribution is 2.20. The molecule has 0 aliphatic carbocycles. The van der Waals surface area contributed by atoms with Crippen LogP contribution in [-0.2, 0) is 9.53 Å². The molecule has 0 atom stereocenters. The van der Waals surface area contributed by atoms with Gasteiger partial charge in [-0.25, -0.2) is 8.78 Å². The van der Waals surface area contributed by atoms with Gasteiger partial charge >= 0.3 is 5.97 Å². The van der Waals surface area contributed by atoms with Gasteiger partial charge in [-0.15, -0.1) is 0 Å². The summed E-state index contributed by atoms with van der Waals surface area (Å²) >= 11 is 1.52. The highest BCUT2D eigenvalue weighted by atomic mass is 32.2. The standard InChI is InChI=1S/C13H24F2O2S/c1-3-4-9-17-12(16)11-18-10-7-5-6-8-13(2,14)15/h3-11H2,1-2H3. The fourth-order valence-electron chi connectivity index (χ4n) is 1.34. The van der Waals surface area contributed by atoms with Crippen molar-refractivity contribution in [3.63, 3.8) is 0 Å². The van der Waals surface area contributed by atoms with Gasteiger partial charge in [0, 0.05) is 6.42 Å². The van der Waals surface area contributed by atoms with Crippen LogP contribution in [0.15, 0.2) is 0 Å². The van der Waals surface area contributed by atoms with E-state index in [2.05, 4.69) is 0 Å². The lowest BCUT2D eigenvalue weighted by Crippen LogP contribution is -2.09. The van der Waals surface area contributed by atoms with Gasteiger partial charge in [0.15, 0.2) is 0 Å². The molecule has 0 spiro atoms. The average molecular weight is 282 g/mol. The van der Waals surface area contributed by atoms with Crippen LogP contribution in [0.1, 0.15) is 52.4 Å². The van der Waals surface area contributed by atoms with Crippen LogP contribution < -0.4 is 0 Å². The second kappa shape index (κ2) is 10.6. The van der Waals surface area contributed by atoms with Crippen molar-refractivity contribution in [2.24, 2.45) is 0 Å². The fourth-order valence-corrected chi connectivity index (χ4v) is 2.15. The molecule has 0 aromatic heterocycles. The van der Waals surface area contributed by atoms with Crippen molar-refractivity contribution in [3.8, 4) is 0 Å². The quantitative estimate of drug-likeness (QED) is 0.418. The molecular weight excluding hydrogens is 258 g/mol. The Balaban J connectivity index is 3.22. The van der Waals surface area contributed by atoms with E-state index in [0.29, 0.717) is 18.8 Å². The summed E-state index contributed by atoms with van der Waals surface area (Å²) < 4.78 is 30.0. The first-order chi connectivity index (χ1) is 8.45. The molecule has 0 rings (SSSR count). The highest BCUT2D eigenvalue weighted by Gasteiger charge is 2.19. The number of hydrogen-bond acceptors (Lipinski definition) is 3. The normalized spacial score (nSPS) is 11.6. The Hall–Kier alpha value is -0.320. The second-order valence-electron chi connectivity index (χ2n) is 4.51. The summed E-state index contributed by atoms with van der Waals surface area (Å²) in [5.74, 6) is -1.52. The molecule has 108 valence electrons. The third-order valence-corrected chi connectivity index (χ3v) is 3.40. The van der Waals surface area contributed by atoms with Crippen LogP contribution in [0, 0.1) is 0 Å². The predicted octanol–water partition coefficient (Wildman–Crippen LogP) is 4.28. The van der Waals surface area contributed by atoms with Crippen LogP contribution in [0.5, 0.6) is 0 Å². The van der Waals surface area contributed by atoms with E-state index < -0.39 is 5.92 Å². The molecule has 2 nitrogen and oxygen atoms in total. The number of ether oxygens (including phenoxy) is 1. The van der Waals surface area contributed by atoms with Gasteiger partial charge in [0.1, 0.15) is 0 Å². The molecule has 5 heteroatoms. The maximum atomic E-state index is 12.5. The fraction of sp³-hybridized carbons (Fsp3) is 0.923. The minimum Gasteiger partial charge on any atom is -0.465 e. The van der Waals surface area contributed by atoms with Gasteiger partial charge in [0.25, 0.3) is 0 Å². The van der Waals surface area contributed by atoms with Crippen LogP contribution in [0.2, 0.25) is 0 Å². The first kappa shape index (κ1) is 17.7. The summed E-state index contributed by atoms with van der Waals surface area (Å²) in [6.45, 7) is 3.50. The van der Waals surface area contributed by atoms with Crippen molar-refractivity contribution in [1.82, 2.24) is 0 Å². The Bertz CT molecular complexity index is 218. The molecule has 18 heavy (non-hydrogen) atoms. The van der Waals surface area contributed by atoms with Crippen molar-refractivity contribution in [1.29, 1.82) is 0 Å². The number of thioether (sulfide) groups is 1. The zero-order valence-electron chi connectivity index (χ0n) is 11.3. The Labute approximate surface area is 113 Å². The number of hydrogen-bond donors (Lipinski definition) is 0. The summed E-state index contributed by atoms with van der Waals surface area (Å²) in [4.78, 5) is 11.2. The third kappa shape index (κ3) is 13.7. The van der Waals surface area contributed by atoms with Gasteiger partial charge in [0.05, 0.1) is 12.4 Å². The minimum absolute atomic E-state index is 0.0449. The zero-order valence-corrected chi connectivity index (χ0v) is 12.2. The summed E-state index contributed by atoms with van der Waals surface area (Å²) in [7, 11) is 0. The molecule has 0 bridgehead atoms. The van der Waals surface area contributed by atoms with E-state index in [9.17, 15) is 13.6 Å². The van der Waals surface area contributed by atoms with E-state index in [0.717, 1.165) is 38.4 Å². The molecule has 0 aliphatic rings.